The molecule has 0 saturated heterocycles. The standard InChI is InChI=1S/C19H15ClN6O/c20-16-4-6-17(7-5-16)26-13-15(12-24-26)19(27)22-11-14-3-1-8-21-18(14)25-10-2-9-23-25/h1-10,12-13H,11H2,(H,22,27). The van der Waals surface area contributed by atoms with Gasteiger partial charge in [0.2, 0.25) is 0 Å². The first-order valence-corrected chi connectivity index (χ1v) is 8.61. The zero-order valence-corrected chi connectivity index (χ0v) is 14.9. The van der Waals surface area contributed by atoms with Crippen molar-refractivity contribution in [2.75, 3.05) is 0 Å². The number of hydrogen-bond donors (Lipinski definition) is 1. The Hall–Kier alpha value is -3.45. The molecule has 0 aliphatic heterocycles. The average Bonchev–Trinajstić information content (AvgIpc) is 3.39. The second-order valence-electron chi connectivity index (χ2n) is 5.77. The van der Waals surface area contributed by atoms with Crippen molar-refractivity contribution in [3.05, 3.63) is 89.6 Å². The Labute approximate surface area is 160 Å². The highest BCUT2D eigenvalue weighted by Crippen LogP contribution is 2.14. The van der Waals surface area contributed by atoms with Gasteiger partial charge in [0.05, 0.1) is 17.4 Å². The minimum Gasteiger partial charge on any atom is -0.348 e. The number of carbonyl (C=O) groups is 1. The van der Waals surface area contributed by atoms with Gasteiger partial charge in [-0.1, -0.05) is 17.7 Å². The maximum atomic E-state index is 12.5. The summed E-state index contributed by atoms with van der Waals surface area (Å²) in [7, 11) is 0. The van der Waals surface area contributed by atoms with Crippen molar-refractivity contribution in [1.82, 2.24) is 29.9 Å². The Kier molecular flexibility index (Phi) is 4.67. The van der Waals surface area contributed by atoms with Gasteiger partial charge in [-0.3, -0.25) is 4.79 Å². The van der Waals surface area contributed by atoms with Gasteiger partial charge in [-0.2, -0.15) is 10.2 Å². The van der Waals surface area contributed by atoms with Crippen molar-refractivity contribution in [2.24, 2.45) is 0 Å². The van der Waals surface area contributed by atoms with Crippen LogP contribution in [0.3, 0.4) is 0 Å². The molecule has 0 atom stereocenters. The zero-order valence-electron chi connectivity index (χ0n) is 14.2. The largest absolute Gasteiger partial charge is 0.348 e. The van der Waals surface area contributed by atoms with Crippen LogP contribution in [-0.4, -0.2) is 30.5 Å². The van der Waals surface area contributed by atoms with Gasteiger partial charge in [0, 0.05) is 41.9 Å². The monoisotopic (exact) mass is 378 g/mol. The van der Waals surface area contributed by atoms with Crippen LogP contribution in [0.15, 0.2) is 73.4 Å². The highest BCUT2D eigenvalue weighted by Gasteiger charge is 2.12. The third kappa shape index (κ3) is 3.73. The van der Waals surface area contributed by atoms with Gasteiger partial charge in [0.1, 0.15) is 0 Å². The van der Waals surface area contributed by atoms with Gasteiger partial charge in [-0.25, -0.2) is 14.3 Å². The molecule has 1 amide bonds. The van der Waals surface area contributed by atoms with Crippen LogP contribution in [0.5, 0.6) is 0 Å². The first-order chi connectivity index (χ1) is 13.2. The molecule has 8 heteroatoms. The number of pyridine rings is 1. The van der Waals surface area contributed by atoms with E-state index in [2.05, 4.69) is 20.5 Å². The third-order valence-corrected chi connectivity index (χ3v) is 4.22. The highest BCUT2D eigenvalue weighted by atomic mass is 35.5. The van der Waals surface area contributed by atoms with Crippen LogP contribution >= 0.6 is 11.6 Å². The fourth-order valence-electron chi connectivity index (χ4n) is 2.62. The molecule has 4 aromatic rings. The number of nitrogens with one attached hydrogen (secondary N) is 1. The van der Waals surface area contributed by atoms with Crippen molar-refractivity contribution in [2.45, 2.75) is 6.54 Å². The van der Waals surface area contributed by atoms with E-state index >= 15 is 0 Å². The first-order valence-electron chi connectivity index (χ1n) is 8.23. The summed E-state index contributed by atoms with van der Waals surface area (Å²) in [6.45, 7) is 0.327. The molecule has 0 saturated carbocycles. The lowest BCUT2D eigenvalue weighted by atomic mass is 10.2. The lowest BCUT2D eigenvalue weighted by Crippen LogP contribution is -2.23. The predicted molar refractivity (Wildman–Crippen MR) is 101 cm³/mol. The lowest BCUT2D eigenvalue weighted by molar-refractivity contribution is 0.0951. The molecule has 3 aromatic heterocycles. The summed E-state index contributed by atoms with van der Waals surface area (Å²) >= 11 is 5.90. The zero-order chi connectivity index (χ0) is 18.6. The fraction of sp³-hybridized carbons (Fsp3) is 0.0526. The molecule has 0 radical (unpaired) electrons. The summed E-state index contributed by atoms with van der Waals surface area (Å²) in [5.74, 6) is 0.463. The van der Waals surface area contributed by atoms with E-state index < -0.39 is 0 Å². The summed E-state index contributed by atoms with van der Waals surface area (Å²) in [4.78, 5) is 16.8. The number of halogens is 1. The molecule has 134 valence electrons. The van der Waals surface area contributed by atoms with E-state index in [-0.39, 0.29) is 5.91 Å². The number of rotatable bonds is 5. The molecule has 1 N–H and O–H groups in total. The van der Waals surface area contributed by atoms with Gasteiger partial charge in [0.15, 0.2) is 5.82 Å². The lowest BCUT2D eigenvalue weighted by Gasteiger charge is -2.09. The van der Waals surface area contributed by atoms with E-state index in [9.17, 15) is 4.79 Å². The molecule has 4 rings (SSSR count). The van der Waals surface area contributed by atoms with E-state index in [1.807, 2.05) is 36.5 Å². The van der Waals surface area contributed by atoms with E-state index in [0.29, 0.717) is 22.9 Å². The third-order valence-electron chi connectivity index (χ3n) is 3.96. The SMILES string of the molecule is O=C(NCc1cccnc1-n1cccn1)c1cnn(-c2ccc(Cl)cc2)c1. The van der Waals surface area contributed by atoms with Crippen molar-refractivity contribution in [3.63, 3.8) is 0 Å². The number of hydrogen-bond acceptors (Lipinski definition) is 4. The first kappa shape index (κ1) is 17.0. The summed E-state index contributed by atoms with van der Waals surface area (Å²) in [5, 5.41) is 12.0. The van der Waals surface area contributed by atoms with E-state index in [0.717, 1.165) is 11.3 Å². The average molecular weight is 379 g/mol. The fourth-order valence-corrected chi connectivity index (χ4v) is 2.75. The smallest absolute Gasteiger partial charge is 0.254 e. The summed E-state index contributed by atoms with van der Waals surface area (Å²) in [6, 6.07) is 12.8. The van der Waals surface area contributed by atoms with Crippen molar-refractivity contribution < 1.29 is 4.79 Å². The molecule has 0 unspecified atom stereocenters. The van der Waals surface area contributed by atoms with Crippen LogP contribution in [0.25, 0.3) is 11.5 Å². The molecule has 0 aliphatic carbocycles. The predicted octanol–water partition coefficient (Wildman–Crippen LogP) is 3.04. The summed E-state index contributed by atoms with van der Waals surface area (Å²) < 4.78 is 3.30. The quantitative estimate of drug-likeness (QED) is 0.579. The molecular formula is C19H15ClN6O. The summed E-state index contributed by atoms with van der Waals surface area (Å²) in [5.41, 5.74) is 2.15. The minimum absolute atomic E-state index is 0.217. The Morgan fingerprint density at radius 1 is 1.04 bits per heavy atom. The van der Waals surface area contributed by atoms with Crippen LogP contribution in [0.2, 0.25) is 5.02 Å². The molecule has 1 aromatic carbocycles. The number of carbonyl (C=O) groups excluding carboxylic acids is 1. The van der Waals surface area contributed by atoms with Crippen LogP contribution in [0.1, 0.15) is 15.9 Å². The molecule has 0 aliphatic rings. The molecule has 0 spiro atoms. The van der Waals surface area contributed by atoms with Gasteiger partial charge >= 0.3 is 0 Å². The molecule has 3 heterocycles. The minimum atomic E-state index is -0.217. The molecule has 0 fully saturated rings. The van der Waals surface area contributed by atoms with Crippen molar-refractivity contribution >= 4 is 17.5 Å². The molecule has 7 nitrogen and oxygen atoms in total. The van der Waals surface area contributed by atoms with Gasteiger partial charge < -0.3 is 5.32 Å². The molecule has 0 bridgehead atoms. The maximum absolute atomic E-state index is 12.5. The van der Waals surface area contributed by atoms with Crippen LogP contribution < -0.4 is 5.32 Å². The highest BCUT2D eigenvalue weighted by molar-refractivity contribution is 6.30. The number of nitrogens with zero attached hydrogens (tertiary/aromatic N) is 5. The van der Waals surface area contributed by atoms with Crippen LogP contribution in [0, 0.1) is 0 Å². The second kappa shape index (κ2) is 7.43. The van der Waals surface area contributed by atoms with Crippen LogP contribution in [0.4, 0.5) is 0 Å². The van der Waals surface area contributed by atoms with Crippen LogP contribution in [-0.2, 0) is 6.54 Å². The number of amides is 1. The number of benzene rings is 1. The maximum Gasteiger partial charge on any atom is 0.254 e. The van der Waals surface area contributed by atoms with Gasteiger partial charge in [-0.05, 0) is 36.4 Å². The van der Waals surface area contributed by atoms with Gasteiger partial charge in [-0.15, -0.1) is 0 Å². The van der Waals surface area contributed by atoms with Gasteiger partial charge in [0.25, 0.3) is 5.91 Å². The number of aromatic nitrogens is 5. The Morgan fingerprint density at radius 2 is 1.89 bits per heavy atom. The Bertz CT molecular complexity index is 1060. The second-order valence-corrected chi connectivity index (χ2v) is 6.21. The Morgan fingerprint density at radius 3 is 2.67 bits per heavy atom. The van der Waals surface area contributed by atoms with E-state index in [1.165, 1.54) is 6.20 Å². The van der Waals surface area contributed by atoms with E-state index in [1.54, 1.807) is 40.1 Å². The molecule has 27 heavy (non-hydrogen) atoms. The topological polar surface area (TPSA) is 77.6 Å². The van der Waals surface area contributed by atoms with Crippen molar-refractivity contribution in [1.29, 1.82) is 0 Å². The Balaban J connectivity index is 1.47. The van der Waals surface area contributed by atoms with Crippen molar-refractivity contribution in [3.8, 4) is 11.5 Å². The normalized spacial score (nSPS) is 10.7. The summed E-state index contributed by atoms with van der Waals surface area (Å²) in [6.07, 6.45) is 8.39. The molecular weight excluding hydrogens is 364 g/mol. The van der Waals surface area contributed by atoms with E-state index in [4.69, 9.17) is 11.6 Å².